The van der Waals surface area contributed by atoms with Crippen LogP contribution in [-0.2, 0) is 11.3 Å². The molecule has 1 aromatic heterocycles. The maximum Gasteiger partial charge on any atom is 0.253 e. The summed E-state index contributed by atoms with van der Waals surface area (Å²) in [5.74, 6) is 2.10. The van der Waals surface area contributed by atoms with Crippen LogP contribution in [-0.4, -0.2) is 58.5 Å². The first kappa shape index (κ1) is 18.6. The van der Waals surface area contributed by atoms with Gasteiger partial charge in [-0.25, -0.2) is 9.97 Å². The molecule has 1 fully saturated rings. The lowest BCUT2D eigenvalue weighted by atomic mass is 10.1. The van der Waals surface area contributed by atoms with Crippen molar-refractivity contribution in [3.05, 3.63) is 65.5 Å². The predicted molar refractivity (Wildman–Crippen MR) is 116 cm³/mol. The van der Waals surface area contributed by atoms with Crippen LogP contribution in [0.4, 0.5) is 5.82 Å². The van der Waals surface area contributed by atoms with Crippen LogP contribution < -0.4 is 10.5 Å². The van der Waals surface area contributed by atoms with Crippen molar-refractivity contribution in [3.8, 4) is 5.75 Å². The molecule has 30 heavy (non-hydrogen) atoms. The highest BCUT2D eigenvalue weighted by molar-refractivity contribution is 5.99. The molecule has 2 aromatic carbocycles. The average molecular weight is 401 g/mol. The molecule has 0 unspecified atom stereocenters. The van der Waals surface area contributed by atoms with Gasteiger partial charge in [-0.1, -0.05) is 30.3 Å². The summed E-state index contributed by atoms with van der Waals surface area (Å²) in [5.41, 5.74) is 8.62. The number of fused-ring (bicyclic) bond motifs is 2. The summed E-state index contributed by atoms with van der Waals surface area (Å²) in [6.45, 7) is 3.82. The van der Waals surface area contributed by atoms with E-state index in [9.17, 15) is 4.79 Å². The van der Waals surface area contributed by atoms with E-state index in [-0.39, 0.29) is 5.91 Å². The number of amides is 1. The molecule has 3 aromatic rings. The first-order valence-corrected chi connectivity index (χ1v) is 10.1. The number of ether oxygens (including phenoxy) is 1. The van der Waals surface area contributed by atoms with Gasteiger partial charge in [0, 0.05) is 37.1 Å². The summed E-state index contributed by atoms with van der Waals surface area (Å²) in [4.78, 5) is 26.2. The fraction of sp³-hybridized carbons (Fsp3) is 0.261. The summed E-state index contributed by atoms with van der Waals surface area (Å²) < 4.78 is 5.74. The molecule has 2 N–H and O–H groups in total. The Hall–Kier alpha value is -3.45. The Bertz CT molecular complexity index is 1140. The lowest BCUT2D eigenvalue weighted by Crippen LogP contribution is -2.49. The van der Waals surface area contributed by atoms with Gasteiger partial charge in [0.15, 0.2) is 0 Å². The van der Waals surface area contributed by atoms with Crippen LogP contribution in [0.3, 0.4) is 0 Å². The van der Waals surface area contributed by atoms with Crippen molar-refractivity contribution in [1.82, 2.24) is 19.8 Å². The number of benzene rings is 2. The zero-order chi connectivity index (χ0) is 20.5. The number of para-hydroxylation sites is 2. The lowest BCUT2D eigenvalue weighted by molar-refractivity contribution is -0.129. The summed E-state index contributed by atoms with van der Waals surface area (Å²) in [5, 5.41) is 0.876. The van der Waals surface area contributed by atoms with Gasteiger partial charge in [0.05, 0.1) is 17.6 Å². The molecule has 0 radical (unpaired) electrons. The quantitative estimate of drug-likeness (QED) is 0.725. The van der Waals surface area contributed by atoms with Gasteiger partial charge in [0.1, 0.15) is 24.0 Å². The monoisotopic (exact) mass is 401 g/mol. The van der Waals surface area contributed by atoms with Crippen LogP contribution in [0.1, 0.15) is 11.4 Å². The first-order valence-electron chi connectivity index (χ1n) is 10.1. The van der Waals surface area contributed by atoms with E-state index >= 15 is 0 Å². The minimum atomic E-state index is 0.0513. The minimum Gasteiger partial charge on any atom is -0.488 e. The zero-order valence-corrected chi connectivity index (χ0v) is 16.6. The number of aromatic nitrogens is 2. The summed E-state index contributed by atoms with van der Waals surface area (Å²) in [6.07, 6.45) is 1.94. The molecule has 0 saturated carbocycles. The molecule has 0 spiro atoms. The van der Waals surface area contributed by atoms with Crippen LogP contribution >= 0.6 is 0 Å². The maximum atomic E-state index is 12.9. The maximum absolute atomic E-state index is 12.9. The van der Waals surface area contributed by atoms with Crippen LogP contribution in [0.2, 0.25) is 0 Å². The third-order valence-corrected chi connectivity index (χ3v) is 5.61. The highest BCUT2D eigenvalue weighted by Crippen LogP contribution is 2.26. The van der Waals surface area contributed by atoms with Crippen molar-refractivity contribution < 1.29 is 9.53 Å². The molecule has 0 aliphatic carbocycles. The van der Waals surface area contributed by atoms with Gasteiger partial charge >= 0.3 is 0 Å². The number of carbonyl (C=O) groups is 1. The Morgan fingerprint density at radius 1 is 1.00 bits per heavy atom. The Kier molecular flexibility index (Phi) is 4.80. The third-order valence-electron chi connectivity index (χ3n) is 5.61. The van der Waals surface area contributed by atoms with E-state index in [0.717, 1.165) is 35.3 Å². The van der Waals surface area contributed by atoms with Gasteiger partial charge in [-0.05, 0) is 24.3 Å². The van der Waals surface area contributed by atoms with Crippen molar-refractivity contribution in [2.24, 2.45) is 0 Å². The number of nitrogens with zero attached hydrogens (tertiary/aromatic N) is 4. The SMILES string of the molecule is Nc1nc(CN2CCN(C(=O)C3=Cc4ccccc4OC3)CC2)nc2ccccc12. The van der Waals surface area contributed by atoms with Crippen LogP contribution in [0.5, 0.6) is 5.75 Å². The van der Waals surface area contributed by atoms with Gasteiger partial charge in [-0.15, -0.1) is 0 Å². The van der Waals surface area contributed by atoms with Gasteiger partial charge in [0.25, 0.3) is 5.91 Å². The van der Waals surface area contributed by atoms with Crippen molar-refractivity contribution >= 4 is 28.7 Å². The molecule has 5 rings (SSSR count). The second-order valence-electron chi connectivity index (χ2n) is 7.61. The van der Waals surface area contributed by atoms with E-state index in [1.165, 1.54) is 0 Å². The van der Waals surface area contributed by atoms with Crippen LogP contribution in [0.15, 0.2) is 54.1 Å². The molecule has 7 nitrogen and oxygen atoms in total. The van der Waals surface area contributed by atoms with Gasteiger partial charge in [0.2, 0.25) is 0 Å². The third kappa shape index (κ3) is 3.59. The normalized spacial score (nSPS) is 16.7. The predicted octanol–water partition coefficient (Wildman–Crippen LogP) is 2.33. The lowest BCUT2D eigenvalue weighted by Gasteiger charge is -2.35. The van der Waals surface area contributed by atoms with E-state index in [1.54, 1.807) is 0 Å². The fourth-order valence-corrected chi connectivity index (χ4v) is 3.97. The summed E-state index contributed by atoms with van der Waals surface area (Å²) in [6, 6.07) is 15.5. The number of rotatable bonds is 3. The largest absolute Gasteiger partial charge is 0.488 e. The fourth-order valence-electron chi connectivity index (χ4n) is 3.97. The van der Waals surface area contributed by atoms with E-state index < -0.39 is 0 Å². The zero-order valence-electron chi connectivity index (χ0n) is 16.6. The van der Waals surface area contributed by atoms with E-state index in [0.29, 0.717) is 43.5 Å². The number of nitrogen functional groups attached to an aromatic ring is 1. The van der Waals surface area contributed by atoms with Crippen molar-refractivity contribution in [2.45, 2.75) is 6.54 Å². The van der Waals surface area contributed by atoms with Crippen molar-refractivity contribution in [3.63, 3.8) is 0 Å². The second-order valence-corrected chi connectivity index (χ2v) is 7.61. The van der Waals surface area contributed by atoms with Gasteiger partial charge < -0.3 is 15.4 Å². The van der Waals surface area contributed by atoms with Gasteiger partial charge in [-0.2, -0.15) is 0 Å². The first-order chi connectivity index (χ1) is 14.7. The highest BCUT2D eigenvalue weighted by Gasteiger charge is 2.26. The van der Waals surface area contributed by atoms with E-state index in [4.69, 9.17) is 10.5 Å². The molecule has 1 amide bonds. The molecule has 0 atom stereocenters. The molecule has 2 aliphatic rings. The van der Waals surface area contributed by atoms with Crippen LogP contribution in [0.25, 0.3) is 17.0 Å². The number of nitrogens with two attached hydrogens (primary N) is 1. The standard InChI is InChI=1S/C23H23N5O2/c24-22-18-6-2-3-7-19(18)25-21(26-22)14-27-9-11-28(12-10-27)23(29)17-13-16-5-1-4-8-20(16)30-15-17/h1-8,13H,9-12,14-15H2,(H2,24,25,26). The summed E-state index contributed by atoms with van der Waals surface area (Å²) >= 11 is 0. The average Bonchev–Trinajstić information content (AvgIpc) is 2.79. The number of carbonyl (C=O) groups excluding carboxylic acids is 1. The Morgan fingerprint density at radius 2 is 1.77 bits per heavy atom. The molecular weight excluding hydrogens is 378 g/mol. The van der Waals surface area contributed by atoms with Crippen molar-refractivity contribution in [1.29, 1.82) is 0 Å². The molecule has 152 valence electrons. The van der Waals surface area contributed by atoms with Gasteiger partial charge in [-0.3, -0.25) is 9.69 Å². The highest BCUT2D eigenvalue weighted by atomic mass is 16.5. The van der Waals surface area contributed by atoms with E-state index in [2.05, 4.69) is 14.9 Å². The molecule has 3 heterocycles. The number of hydrogen-bond acceptors (Lipinski definition) is 6. The van der Waals surface area contributed by atoms with Crippen LogP contribution in [0, 0.1) is 0 Å². The Labute approximate surface area is 174 Å². The smallest absolute Gasteiger partial charge is 0.253 e. The number of hydrogen-bond donors (Lipinski definition) is 1. The summed E-state index contributed by atoms with van der Waals surface area (Å²) in [7, 11) is 0. The number of piperazine rings is 1. The topological polar surface area (TPSA) is 84.6 Å². The number of anilines is 1. The Balaban J connectivity index is 1.23. The molecular formula is C23H23N5O2. The molecule has 0 bridgehead atoms. The molecule has 1 saturated heterocycles. The molecule has 7 heteroatoms. The Morgan fingerprint density at radius 3 is 2.63 bits per heavy atom. The minimum absolute atomic E-state index is 0.0513. The van der Waals surface area contributed by atoms with E-state index in [1.807, 2.05) is 59.5 Å². The van der Waals surface area contributed by atoms with Crippen molar-refractivity contribution in [2.75, 3.05) is 38.5 Å². The second kappa shape index (κ2) is 7.76. The molecule has 2 aliphatic heterocycles.